The Morgan fingerprint density at radius 3 is 2.45 bits per heavy atom. The van der Waals surface area contributed by atoms with Crippen LogP contribution >= 0.6 is 0 Å². The fourth-order valence-corrected chi connectivity index (χ4v) is 1.90. The van der Waals surface area contributed by atoms with Gasteiger partial charge in [-0.2, -0.15) is 0 Å². The standard InChI is InChI=1S/C16H24FNO2/c1-12(2)5-4-6-13(3)18-16(19)11-20-15-9-7-14(17)8-10-15/h7-10,12-13H,4-6,11H2,1-3H3,(H,18,19). The van der Waals surface area contributed by atoms with Gasteiger partial charge < -0.3 is 10.1 Å². The molecule has 0 spiro atoms. The van der Waals surface area contributed by atoms with Crippen LogP contribution in [0.1, 0.15) is 40.0 Å². The first-order valence-electron chi connectivity index (χ1n) is 7.15. The second-order valence-electron chi connectivity index (χ2n) is 5.54. The Kier molecular flexibility index (Phi) is 7.05. The van der Waals surface area contributed by atoms with Crippen molar-refractivity contribution in [3.63, 3.8) is 0 Å². The Balaban J connectivity index is 2.20. The minimum Gasteiger partial charge on any atom is -0.484 e. The maximum atomic E-state index is 12.7. The molecule has 0 aliphatic heterocycles. The van der Waals surface area contributed by atoms with Crippen molar-refractivity contribution in [3.8, 4) is 5.75 Å². The van der Waals surface area contributed by atoms with E-state index in [9.17, 15) is 9.18 Å². The normalized spacial score (nSPS) is 12.2. The van der Waals surface area contributed by atoms with Gasteiger partial charge in [-0.25, -0.2) is 4.39 Å². The van der Waals surface area contributed by atoms with Crippen molar-refractivity contribution < 1.29 is 13.9 Å². The van der Waals surface area contributed by atoms with Crippen molar-refractivity contribution in [1.29, 1.82) is 0 Å². The second kappa shape index (κ2) is 8.56. The summed E-state index contributed by atoms with van der Waals surface area (Å²) in [4.78, 5) is 11.7. The Labute approximate surface area is 120 Å². The van der Waals surface area contributed by atoms with E-state index in [2.05, 4.69) is 19.2 Å². The molecule has 1 atom stereocenters. The van der Waals surface area contributed by atoms with E-state index in [1.54, 1.807) is 0 Å². The zero-order valence-corrected chi connectivity index (χ0v) is 12.5. The molecule has 0 radical (unpaired) electrons. The van der Waals surface area contributed by atoms with Gasteiger partial charge in [0.1, 0.15) is 11.6 Å². The molecular weight excluding hydrogens is 257 g/mol. The van der Waals surface area contributed by atoms with E-state index >= 15 is 0 Å². The monoisotopic (exact) mass is 281 g/mol. The maximum absolute atomic E-state index is 12.7. The van der Waals surface area contributed by atoms with Crippen LogP contribution in [0.4, 0.5) is 4.39 Å². The quantitative estimate of drug-likeness (QED) is 0.791. The number of halogens is 1. The summed E-state index contributed by atoms with van der Waals surface area (Å²) in [7, 11) is 0. The molecule has 0 saturated heterocycles. The summed E-state index contributed by atoms with van der Waals surface area (Å²) in [5.74, 6) is 0.723. The lowest BCUT2D eigenvalue weighted by Gasteiger charge is -2.14. The van der Waals surface area contributed by atoms with Crippen LogP contribution in [-0.4, -0.2) is 18.6 Å². The Morgan fingerprint density at radius 2 is 1.85 bits per heavy atom. The minimum absolute atomic E-state index is 0.0415. The number of carbonyl (C=O) groups excluding carboxylic acids is 1. The molecule has 0 aromatic heterocycles. The largest absolute Gasteiger partial charge is 0.484 e. The highest BCUT2D eigenvalue weighted by Crippen LogP contribution is 2.11. The molecule has 1 rings (SSSR count). The highest BCUT2D eigenvalue weighted by Gasteiger charge is 2.08. The summed E-state index contributed by atoms with van der Waals surface area (Å²) >= 11 is 0. The van der Waals surface area contributed by atoms with Crippen LogP contribution in [0.3, 0.4) is 0 Å². The molecule has 0 heterocycles. The van der Waals surface area contributed by atoms with E-state index in [4.69, 9.17) is 4.74 Å². The lowest BCUT2D eigenvalue weighted by Crippen LogP contribution is -2.36. The zero-order chi connectivity index (χ0) is 15.0. The number of hydrogen-bond donors (Lipinski definition) is 1. The van der Waals surface area contributed by atoms with Crippen molar-refractivity contribution in [3.05, 3.63) is 30.1 Å². The predicted molar refractivity (Wildman–Crippen MR) is 78.2 cm³/mol. The van der Waals surface area contributed by atoms with Crippen LogP contribution < -0.4 is 10.1 Å². The molecule has 1 amide bonds. The molecule has 4 heteroatoms. The maximum Gasteiger partial charge on any atom is 0.258 e. The lowest BCUT2D eigenvalue weighted by atomic mass is 10.0. The van der Waals surface area contributed by atoms with Gasteiger partial charge in [0.15, 0.2) is 6.61 Å². The van der Waals surface area contributed by atoms with E-state index in [0.29, 0.717) is 11.7 Å². The topological polar surface area (TPSA) is 38.3 Å². The fraction of sp³-hybridized carbons (Fsp3) is 0.562. The van der Waals surface area contributed by atoms with E-state index < -0.39 is 0 Å². The number of nitrogens with one attached hydrogen (secondary N) is 1. The van der Waals surface area contributed by atoms with Crippen molar-refractivity contribution in [2.75, 3.05) is 6.61 Å². The molecule has 1 N–H and O–H groups in total. The van der Waals surface area contributed by atoms with Gasteiger partial charge in [0.25, 0.3) is 5.91 Å². The van der Waals surface area contributed by atoms with Crippen molar-refractivity contribution in [2.45, 2.75) is 46.1 Å². The van der Waals surface area contributed by atoms with E-state index in [1.165, 1.54) is 30.7 Å². The number of carbonyl (C=O) groups is 1. The number of amides is 1. The average Bonchev–Trinajstić information content (AvgIpc) is 2.37. The van der Waals surface area contributed by atoms with Gasteiger partial charge in [-0.15, -0.1) is 0 Å². The van der Waals surface area contributed by atoms with Gasteiger partial charge in [-0.1, -0.05) is 26.7 Å². The summed E-state index contributed by atoms with van der Waals surface area (Å²) in [5.41, 5.74) is 0. The van der Waals surface area contributed by atoms with Crippen LogP contribution in [0.25, 0.3) is 0 Å². The molecule has 1 aromatic rings. The van der Waals surface area contributed by atoms with Crippen LogP contribution in [-0.2, 0) is 4.79 Å². The predicted octanol–water partition coefficient (Wildman–Crippen LogP) is 3.54. The first-order chi connectivity index (χ1) is 9.47. The van der Waals surface area contributed by atoms with Crippen LogP contribution in [0, 0.1) is 11.7 Å². The van der Waals surface area contributed by atoms with Crippen molar-refractivity contribution >= 4 is 5.91 Å². The van der Waals surface area contributed by atoms with Crippen molar-refractivity contribution in [2.24, 2.45) is 5.92 Å². The molecule has 0 aliphatic rings. The minimum atomic E-state index is -0.319. The summed E-state index contributed by atoms with van der Waals surface area (Å²) in [5, 5.41) is 2.90. The molecule has 1 aromatic carbocycles. The number of ether oxygens (including phenoxy) is 1. The Bertz CT molecular complexity index is 403. The highest BCUT2D eigenvalue weighted by molar-refractivity contribution is 5.77. The summed E-state index contributed by atoms with van der Waals surface area (Å²) in [6.07, 6.45) is 3.25. The molecule has 0 fully saturated rings. The van der Waals surface area contributed by atoms with Gasteiger partial charge in [0.2, 0.25) is 0 Å². The average molecular weight is 281 g/mol. The van der Waals surface area contributed by atoms with Gasteiger partial charge in [-0.3, -0.25) is 4.79 Å². The first-order valence-corrected chi connectivity index (χ1v) is 7.15. The molecule has 0 bridgehead atoms. The number of hydrogen-bond acceptors (Lipinski definition) is 2. The van der Waals surface area contributed by atoms with Crippen LogP contribution in [0.5, 0.6) is 5.75 Å². The SMILES string of the molecule is CC(C)CCCC(C)NC(=O)COc1ccc(F)cc1. The molecule has 112 valence electrons. The zero-order valence-electron chi connectivity index (χ0n) is 12.5. The Morgan fingerprint density at radius 1 is 1.20 bits per heavy atom. The lowest BCUT2D eigenvalue weighted by molar-refractivity contribution is -0.123. The molecule has 20 heavy (non-hydrogen) atoms. The van der Waals surface area contributed by atoms with Crippen molar-refractivity contribution in [1.82, 2.24) is 5.32 Å². The second-order valence-corrected chi connectivity index (χ2v) is 5.54. The molecular formula is C16H24FNO2. The molecule has 3 nitrogen and oxygen atoms in total. The van der Waals surface area contributed by atoms with Gasteiger partial charge >= 0.3 is 0 Å². The van der Waals surface area contributed by atoms with Gasteiger partial charge in [0.05, 0.1) is 0 Å². The molecule has 1 unspecified atom stereocenters. The third-order valence-corrected chi connectivity index (χ3v) is 3.01. The Hall–Kier alpha value is -1.58. The summed E-state index contributed by atoms with van der Waals surface area (Å²) < 4.78 is 18.0. The third kappa shape index (κ3) is 7.12. The van der Waals surface area contributed by atoms with E-state index in [0.717, 1.165) is 12.8 Å². The van der Waals surface area contributed by atoms with E-state index in [-0.39, 0.29) is 24.4 Å². The van der Waals surface area contributed by atoms with Crippen LogP contribution in [0.2, 0.25) is 0 Å². The smallest absolute Gasteiger partial charge is 0.258 e. The molecule has 0 saturated carbocycles. The van der Waals surface area contributed by atoms with E-state index in [1.807, 2.05) is 6.92 Å². The third-order valence-electron chi connectivity index (χ3n) is 3.01. The number of rotatable bonds is 8. The highest BCUT2D eigenvalue weighted by atomic mass is 19.1. The van der Waals surface area contributed by atoms with Gasteiger partial charge in [0, 0.05) is 6.04 Å². The number of benzene rings is 1. The summed E-state index contributed by atoms with van der Waals surface area (Å²) in [6.45, 7) is 6.34. The summed E-state index contributed by atoms with van der Waals surface area (Å²) in [6, 6.07) is 5.78. The molecule has 0 aliphatic carbocycles. The van der Waals surface area contributed by atoms with Crippen LogP contribution in [0.15, 0.2) is 24.3 Å². The fourth-order valence-electron chi connectivity index (χ4n) is 1.90. The first kappa shape index (κ1) is 16.5. The van der Waals surface area contributed by atoms with Gasteiger partial charge in [-0.05, 0) is 43.5 Å².